The van der Waals surface area contributed by atoms with Crippen LogP contribution in [0, 0.1) is 5.92 Å². The van der Waals surface area contributed by atoms with Gasteiger partial charge in [0.2, 0.25) is 0 Å². The predicted molar refractivity (Wildman–Crippen MR) is 80.9 cm³/mol. The fraction of sp³-hybridized carbons (Fsp3) is 0.625. The van der Waals surface area contributed by atoms with E-state index in [1.54, 1.807) is 0 Å². The SMILES string of the molecule is CCCOc1ccccc1NCC1CCCN(C)C1. The Labute approximate surface area is 116 Å². The largest absolute Gasteiger partial charge is 0.491 e. The number of likely N-dealkylation sites (tertiary alicyclic amines) is 1. The molecule has 106 valence electrons. The molecule has 1 heterocycles. The summed E-state index contributed by atoms with van der Waals surface area (Å²) in [6.07, 6.45) is 3.69. The van der Waals surface area contributed by atoms with Crippen molar-refractivity contribution in [1.82, 2.24) is 4.90 Å². The first-order chi connectivity index (χ1) is 9.29. The lowest BCUT2D eigenvalue weighted by atomic mass is 9.98. The van der Waals surface area contributed by atoms with Crippen molar-refractivity contribution in [2.24, 2.45) is 5.92 Å². The van der Waals surface area contributed by atoms with E-state index in [9.17, 15) is 0 Å². The van der Waals surface area contributed by atoms with Gasteiger partial charge in [-0.05, 0) is 50.9 Å². The van der Waals surface area contributed by atoms with Gasteiger partial charge in [-0.3, -0.25) is 0 Å². The van der Waals surface area contributed by atoms with Gasteiger partial charge in [-0.1, -0.05) is 19.1 Å². The Morgan fingerprint density at radius 3 is 3.00 bits per heavy atom. The molecule has 1 aliphatic rings. The third-order valence-corrected chi connectivity index (χ3v) is 3.65. The second kappa shape index (κ2) is 7.39. The van der Waals surface area contributed by atoms with E-state index in [0.717, 1.165) is 36.9 Å². The molecule has 1 N–H and O–H groups in total. The van der Waals surface area contributed by atoms with Crippen molar-refractivity contribution in [3.63, 3.8) is 0 Å². The van der Waals surface area contributed by atoms with Crippen LogP contribution in [0.5, 0.6) is 5.75 Å². The summed E-state index contributed by atoms with van der Waals surface area (Å²) in [6.45, 7) is 6.40. The maximum Gasteiger partial charge on any atom is 0.142 e. The van der Waals surface area contributed by atoms with Crippen LogP contribution in [0.2, 0.25) is 0 Å². The summed E-state index contributed by atoms with van der Waals surface area (Å²) in [5.74, 6) is 1.73. The van der Waals surface area contributed by atoms with E-state index in [4.69, 9.17) is 4.74 Å². The van der Waals surface area contributed by atoms with Crippen LogP contribution in [0.4, 0.5) is 5.69 Å². The van der Waals surface area contributed by atoms with E-state index in [2.05, 4.69) is 36.3 Å². The van der Waals surface area contributed by atoms with Crippen molar-refractivity contribution >= 4 is 5.69 Å². The Morgan fingerprint density at radius 1 is 1.37 bits per heavy atom. The zero-order valence-electron chi connectivity index (χ0n) is 12.2. The van der Waals surface area contributed by atoms with Crippen molar-refractivity contribution in [1.29, 1.82) is 0 Å². The summed E-state index contributed by atoms with van der Waals surface area (Å²) in [7, 11) is 2.21. The Hall–Kier alpha value is -1.22. The van der Waals surface area contributed by atoms with Crippen LogP contribution in [-0.4, -0.2) is 38.2 Å². The molecule has 1 fully saturated rings. The number of anilines is 1. The van der Waals surface area contributed by atoms with Crippen LogP contribution in [0.15, 0.2) is 24.3 Å². The van der Waals surface area contributed by atoms with Gasteiger partial charge in [0.05, 0.1) is 12.3 Å². The van der Waals surface area contributed by atoms with Gasteiger partial charge in [0.1, 0.15) is 5.75 Å². The lowest BCUT2D eigenvalue weighted by molar-refractivity contribution is 0.217. The molecule has 1 aromatic carbocycles. The highest BCUT2D eigenvalue weighted by atomic mass is 16.5. The number of nitrogens with zero attached hydrogens (tertiary/aromatic N) is 1. The fourth-order valence-corrected chi connectivity index (χ4v) is 2.64. The Kier molecular flexibility index (Phi) is 5.52. The average Bonchev–Trinajstić information content (AvgIpc) is 2.44. The number of benzene rings is 1. The minimum absolute atomic E-state index is 0.748. The topological polar surface area (TPSA) is 24.5 Å². The predicted octanol–water partition coefficient (Wildman–Crippen LogP) is 3.23. The first-order valence-electron chi connectivity index (χ1n) is 7.44. The maximum atomic E-state index is 5.77. The summed E-state index contributed by atoms with van der Waals surface area (Å²) in [5.41, 5.74) is 1.13. The monoisotopic (exact) mass is 262 g/mol. The fourth-order valence-electron chi connectivity index (χ4n) is 2.64. The van der Waals surface area contributed by atoms with Crippen molar-refractivity contribution in [2.45, 2.75) is 26.2 Å². The first kappa shape index (κ1) is 14.2. The Morgan fingerprint density at radius 2 is 2.21 bits per heavy atom. The smallest absolute Gasteiger partial charge is 0.142 e. The molecule has 1 aromatic rings. The highest BCUT2D eigenvalue weighted by molar-refractivity contribution is 5.56. The molecule has 19 heavy (non-hydrogen) atoms. The number of hydrogen-bond acceptors (Lipinski definition) is 3. The summed E-state index contributed by atoms with van der Waals surface area (Å²) in [4.78, 5) is 2.43. The van der Waals surface area contributed by atoms with Gasteiger partial charge >= 0.3 is 0 Å². The van der Waals surface area contributed by atoms with E-state index < -0.39 is 0 Å². The molecule has 3 heteroatoms. The zero-order chi connectivity index (χ0) is 13.5. The Bertz CT molecular complexity index is 381. The summed E-state index contributed by atoms with van der Waals surface area (Å²) >= 11 is 0. The summed E-state index contributed by atoms with van der Waals surface area (Å²) in [6, 6.07) is 8.25. The average molecular weight is 262 g/mol. The molecular weight excluding hydrogens is 236 g/mol. The lowest BCUT2D eigenvalue weighted by Crippen LogP contribution is -2.35. The second-order valence-electron chi connectivity index (χ2n) is 5.50. The standard InChI is InChI=1S/C16H26N2O/c1-3-11-19-16-9-5-4-8-15(16)17-12-14-7-6-10-18(2)13-14/h4-5,8-9,14,17H,3,6-7,10-13H2,1-2H3. The number of hydrogen-bond donors (Lipinski definition) is 1. The summed E-state index contributed by atoms with van der Waals surface area (Å²) in [5, 5.41) is 3.56. The number of piperidine rings is 1. The molecule has 0 bridgehead atoms. The quantitative estimate of drug-likeness (QED) is 0.852. The molecule has 1 aliphatic heterocycles. The molecule has 0 amide bonds. The normalized spacial score (nSPS) is 20.2. The third-order valence-electron chi connectivity index (χ3n) is 3.65. The molecule has 3 nitrogen and oxygen atoms in total. The molecule has 0 saturated carbocycles. The molecule has 1 unspecified atom stereocenters. The lowest BCUT2D eigenvalue weighted by Gasteiger charge is -2.30. The molecule has 0 aliphatic carbocycles. The van der Waals surface area contributed by atoms with Crippen LogP contribution in [0.1, 0.15) is 26.2 Å². The number of rotatable bonds is 6. The van der Waals surface area contributed by atoms with Crippen LogP contribution < -0.4 is 10.1 Å². The molecule has 1 saturated heterocycles. The second-order valence-corrected chi connectivity index (χ2v) is 5.50. The van der Waals surface area contributed by atoms with Gasteiger partial charge < -0.3 is 15.0 Å². The van der Waals surface area contributed by atoms with E-state index in [1.165, 1.54) is 25.9 Å². The van der Waals surface area contributed by atoms with E-state index >= 15 is 0 Å². The molecule has 1 atom stereocenters. The van der Waals surface area contributed by atoms with Crippen molar-refractivity contribution in [3.05, 3.63) is 24.3 Å². The number of nitrogens with one attached hydrogen (secondary N) is 1. The van der Waals surface area contributed by atoms with E-state index in [-0.39, 0.29) is 0 Å². The van der Waals surface area contributed by atoms with Crippen LogP contribution in [0.25, 0.3) is 0 Å². The van der Waals surface area contributed by atoms with Crippen molar-refractivity contribution in [2.75, 3.05) is 38.6 Å². The van der Waals surface area contributed by atoms with Gasteiger partial charge in [0.25, 0.3) is 0 Å². The number of ether oxygens (including phenoxy) is 1. The minimum atomic E-state index is 0.748. The van der Waals surface area contributed by atoms with Crippen molar-refractivity contribution in [3.8, 4) is 5.75 Å². The third kappa shape index (κ3) is 4.43. The molecule has 2 rings (SSSR count). The van der Waals surface area contributed by atoms with Gasteiger partial charge in [-0.15, -0.1) is 0 Å². The molecule has 0 aromatic heterocycles. The van der Waals surface area contributed by atoms with Gasteiger partial charge in [0, 0.05) is 13.1 Å². The van der Waals surface area contributed by atoms with Gasteiger partial charge in [0.15, 0.2) is 0 Å². The van der Waals surface area contributed by atoms with Gasteiger partial charge in [-0.25, -0.2) is 0 Å². The van der Waals surface area contributed by atoms with E-state index in [1.807, 2.05) is 12.1 Å². The molecule has 0 spiro atoms. The molecule has 0 radical (unpaired) electrons. The zero-order valence-corrected chi connectivity index (χ0v) is 12.2. The Balaban J connectivity index is 1.87. The van der Waals surface area contributed by atoms with E-state index in [0.29, 0.717) is 0 Å². The van der Waals surface area contributed by atoms with Crippen LogP contribution in [-0.2, 0) is 0 Å². The highest BCUT2D eigenvalue weighted by Gasteiger charge is 2.17. The summed E-state index contributed by atoms with van der Waals surface area (Å²) < 4.78 is 5.77. The highest BCUT2D eigenvalue weighted by Crippen LogP contribution is 2.25. The maximum absolute atomic E-state index is 5.77. The van der Waals surface area contributed by atoms with Crippen LogP contribution in [0.3, 0.4) is 0 Å². The van der Waals surface area contributed by atoms with Crippen LogP contribution >= 0.6 is 0 Å². The molecular formula is C16H26N2O. The minimum Gasteiger partial charge on any atom is -0.491 e. The first-order valence-corrected chi connectivity index (χ1v) is 7.44. The number of para-hydroxylation sites is 2. The van der Waals surface area contributed by atoms with Gasteiger partial charge in [-0.2, -0.15) is 0 Å². The van der Waals surface area contributed by atoms with Crippen molar-refractivity contribution < 1.29 is 4.74 Å².